The lowest BCUT2D eigenvalue weighted by atomic mass is 10.0. The van der Waals surface area contributed by atoms with Gasteiger partial charge in [0.05, 0.1) is 12.3 Å². The number of carboxylic acids is 2. The quantitative estimate of drug-likeness (QED) is 0.363. The predicted octanol–water partition coefficient (Wildman–Crippen LogP) is -0.298. The van der Waals surface area contributed by atoms with Gasteiger partial charge in [-0.05, 0) is 25.3 Å². The Kier molecular flexibility index (Phi) is 10.7. The molecule has 0 rings (SSSR count). The molecule has 0 saturated heterocycles. The Balaban J connectivity index is 4.53. The maximum Gasteiger partial charge on any atom is 0.307 e. The van der Waals surface area contributed by atoms with Crippen LogP contribution < -0.4 is 0 Å². The first-order valence-corrected chi connectivity index (χ1v) is 7.04. The molecule has 1 atom stereocenters. The highest BCUT2D eigenvalue weighted by Gasteiger charge is 2.19. The number of aliphatic hydroxyl groups is 2. The summed E-state index contributed by atoms with van der Waals surface area (Å²) >= 11 is 0. The van der Waals surface area contributed by atoms with E-state index in [9.17, 15) is 14.4 Å². The predicted molar refractivity (Wildman–Crippen MR) is 77.1 cm³/mol. The molecule has 0 fully saturated rings. The van der Waals surface area contributed by atoms with Gasteiger partial charge in [0, 0.05) is 26.3 Å². The van der Waals surface area contributed by atoms with Crippen LogP contribution in [0.15, 0.2) is 12.2 Å². The number of hydrogen-bond acceptors (Lipinski definition) is 5. The lowest BCUT2D eigenvalue weighted by Crippen LogP contribution is -2.32. The minimum absolute atomic E-state index is 0.0544. The summed E-state index contributed by atoms with van der Waals surface area (Å²) in [5.74, 6) is -3.87. The minimum Gasteiger partial charge on any atom is -0.481 e. The van der Waals surface area contributed by atoms with Gasteiger partial charge < -0.3 is 25.3 Å². The molecule has 0 aliphatic carbocycles. The van der Waals surface area contributed by atoms with E-state index in [4.69, 9.17) is 20.4 Å². The van der Waals surface area contributed by atoms with Crippen LogP contribution in [0.5, 0.6) is 0 Å². The third kappa shape index (κ3) is 9.09. The van der Waals surface area contributed by atoms with Crippen molar-refractivity contribution in [2.45, 2.75) is 25.7 Å². The first-order chi connectivity index (χ1) is 10.4. The van der Waals surface area contributed by atoms with Crippen LogP contribution in [0.1, 0.15) is 25.7 Å². The van der Waals surface area contributed by atoms with E-state index < -0.39 is 24.3 Å². The fourth-order valence-electron chi connectivity index (χ4n) is 1.78. The monoisotopic (exact) mass is 317 g/mol. The number of aliphatic carboxylic acids is 2. The van der Waals surface area contributed by atoms with E-state index >= 15 is 0 Å². The van der Waals surface area contributed by atoms with Crippen LogP contribution in [-0.4, -0.2) is 69.5 Å². The Morgan fingerprint density at radius 2 is 1.55 bits per heavy atom. The first kappa shape index (κ1) is 20.1. The third-order valence-corrected chi connectivity index (χ3v) is 2.94. The van der Waals surface area contributed by atoms with Crippen molar-refractivity contribution in [2.24, 2.45) is 5.92 Å². The van der Waals surface area contributed by atoms with E-state index in [2.05, 4.69) is 0 Å². The number of carbonyl (C=O) groups excluding carboxylic acids is 1. The highest BCUT2D eigenvalue weighted by Crippen LogP contribution is 2.10. The zero-order chi connectivity index (χ0) is 17.0. The molecule has 8 nitrogen and oxygen atoms in total. The number of rotatable bonds is 12. The standard InChI is InChI=1S/C14H23NO7/c16-8-2-6-15(7-3-9-17)12(18)5-1-4-11(14(21)22)10-13(19)20/h1,5,11,16-17H,2-4,6-10H2,(H,19,20)(H,21,22)/b5-1+. The van der Waals surface area contributed by atoms with Crippen molar-refractivity contribution in [1.29, 1.82) is 0 Å². The molecule has 22 heavy (non-hydrogen) atoms. The van der Waals surface area contributed by atoms with E-state index in [1.54, 1.807) is 0 Å². The smallest absolute Gasteiger partial charge is 0.307 e. The van der Waals surface area contributed by atoms with Crippen molar-refractivity contribution in [1.82, 2.24) is 4.90 Å². The topological polar surface area (TPSA) is 135 Å². The van der Waals surface area contributed by atoms with E-state index in [-0.39, 0.29) is 25.5 Å². The first-order valence-electron chi connectivity index (χ1n) is 7.04. The number of allylic oxidation sites excluding steroid dienone is 1. The van der Waals surface area contributed by atoms with E-state index in [1.165, 1.54) is 17.1 Å². The van der Waals surface area contributed by atoms with Crippen molar-refractivity contribution in [3.05, 3.63) is 12.2 Å². The number of carbonyl (C=O) groups is 3. The molecule has 0 aliphatic heterocycles. The molecule has 0 aliphatic rings. The molecular formula is C14H23NO7. The second-order valence-electron chi connectivity index (χ2n) is 4.75. The average molecular weight is 317 g/mol. The molecule has 0 heterocycles. The fourth-order valence-corrected chi connectivity index (χ4v) is 1.78. The van der Waals surface area contributed by atoms with Gasteiger partial charge in [0.15, 0.2) is 0 Å². The van der Waals surface area contributed by atoms with Gasteiger partial charge in [-0.25, -0.2) is 0 Å². The highest BCUT2D eigenvalue weighted by molar-refractivity contribution is 5.87. The summed E-state index contributed by atoms with van der Waals surface area (Å²) in [5, 5.41) is 35.1. The third-order valence-electron chi connectivity index (χ3n) is 2.94. The summed E-state index contributed by atoms with van der Waals surface area (Å²) in [6, 6.07) is 0. The van der Waals surface area contributed by atoms with Crippen LogP contribution >= 0.6 is 0 Å². The number of hydrogen-bond donors (Lipinski definition) is 4. The molecule has 8 heteroatoms. The largest absolute Gasteiger partial charge is 0.481 e. The van der Waals surface area contributed by atoms with Crippen LogP contribution in [0, 0.1) is 5.92 Å². The van der Waals surface area contributed by atoms with Crippen LogP contribution in [-0.2, 0) is 14.4 Å². The van der Waals surface area contributed by atoms with Crippen molar-refractivity contribution >= 4 is 17.8 Å². The van der Waals surface area contributed by atoms with Crippen molar-refractivity contribution in [2.75, 3.05) is 26.3 Å². The lowest BCUT2D eigenvalue weighted by molar-refractivity contribution is -0.148. The van der Waals surface area contributed by atoms with Gasteiger partial charge in [-0.3, -0.25) is 14.4 Å². The Morgan fingerprint density at radius 1 is 1.00 bits per heavy atom. The van der Waals surface area contributed by atoms with E-state index in [0.29, 0.717) is 25.9 Å². The number of carboxylic acid groups (broad SMARTS) is 2. The Morgan fingerprint density at radius 3 is 1.95 bits per heavy atom. The van der Waals surface area contributed by atoms with Gasteiger partial charge in [0.2, 0.25) is 5.91 Å². The molecule has 1 unspecified atom stereocenters. The fraction of sp³-hybridized carbons (Fsp3) is 0.643. The van der Waals surface area contributed by atoms with Crippen molar-refractivity contribution < 1.29 is 34.8 Å². The maximum absolute atomic E-state index is 11.9. The summed E-state index contributed by atoms with van der Waals surface area (Å²) in [7, 11) is 0. The van der Waals surface area contributed by atoms with Gasteiger partial charge >= 0.3 is 11.9 Å². The molecule has 0 radical (unpaired) electrons. The van der Waals surface area contributed by atoms with Gasteiger partial charge in [0.25, 0.3) is 0 Å². The molecule has 126 valence electrons. The van der Waals surface area contributed by atoms with Gasteiger partial charge in [0.1, 0.15) is 0 Å². The van der Waals surface area contributed by atoms with Crippen molar-refractivity contribution in [3.63, 3.8) is 0 Å². The summed E-state index contributed by atoms with van der Waals surface area (Å²) in [6.45, 7) is 0.535. The summed E-state index contributed by atoms with van der Waals surface area (Å²) in [4.78, 5) is 34.8. The maximum atomic E-state index is 11.9. The Bertz CT molecular complexity index is 387. The Hall–Kier alpha value is -1.93. The summed E-state index contributed by atoms with van der Waals surface area (Å²) in [6.07, 6.45) is 2.79. The minimum atomic E-state index is -1.23. The molecular weight excluding hydrogens is 294 g/mol. The molecule has 0 aromatic heterocycles. The second kappa shape index (κ2) is 11.7. The van der Waals surface area contributed by atoms with Crippen LogP contribution in [0.25, 0.3) is 0 Å². The van der Waals surface area contributed by atoms with Gasteiger partial charge in [-0.2, -0.15) is 0 Å². The zero-order valence-corrected chi connectivity index (χ0v) is 12.3. The molecule has 0 saturated carbocycles. The lowest BCUT2D eigenvalue weighted by Gasteiger charge is -2.20. The SMILES string of the molecule is O=C(O)CC(C/C=C/C(=O)N(CCCO)CCCO)C(=O)O. The number of aliphatic hydroxyl groups excluding tert-OH is 2. The molecule has 0 aromatic carbocycles. The van der Waals surface area contributed by atoms with Gasteiger partial charge in [-0.15, -0.1) is 0 Å². The molecule has 0 bridgehead atoms. The van der Waals surface area contributed by atoms with E-state index in [0.717, 1.165) is 0 Å². The summed E-state index contributed by atoms with van der Waals surface area (Å²) < 4.78 is 0. The molecule has 1 amide bonds. The highest BCUT2D eigenvalue weighted by atomic mass is 16.4. The Labute approximate surface area is 128 Å². The molecule has 0 spiro atoms. The second-order valence-corrected chi connectivity index (χ2v) is 4.75. The van der Waals surface area contributed by atoms with Crippen LogP contribution in [0.3, 0.4) is 0 Å². The molecule has 0 aromatic rings. The van der Waals surface area contributed by atoms with E-state index in [1.807, 2.05) is 0 Å². The number of amides is 1. The normalized spacial score (nSPS) is 12.3. The van der Waals surface area contributed by atoms with Crippen LogP contribution in [0.2, 0.25) is 0 Å². The van der Waals surface area contributed by atoms with Crippen LogP contribution in [0.4, 0.5) is 0 Å². The molecule has 4 N–H and O–H groups in total. The van der Waals surface area contributed by atoms with Crippen molar-refractivity contribution in [3.8, 4) is 0 Å². The zero-order valence-electron chi connectivity index (χ0n) is 12.3. The number of nitrogens with zero attached hydrogens (tertiary/aromatic N) is 1. The van der Waals surface area contributed by atoms with Gasteiger partial charge in [-0.1, -0.05) is 6.08 Å². The average Bonchev–Trinajstić information content (AvgIpc) is 2.45. The summed E-state index contributed by atoms with van der Waals surface area (Å²) in [5.41, 5.74) is 0.